The van der Waals surface area contributed by atoms with Crippen LogP contribution in [0.1, 0.15) is 50.8 Å². The highest BCUT2D eigenvalue weighted by atomic mass is 79.9. The summed E-state index contributed by atoms with van der Waals surface area (Å²) < 4.78 is 47.4. The summed E-state index contributed by atoms with van der Waals surface area (Å²) in [7, 11) is 0. The molecule has 6 nitrogen and oxygen atoms in total. The molecule has 2 saturated heterocycles. The molecular formula is C27H33BrF2N2O4. The number of nitrogens with one attached hydrogen (secondary N) is 1. The van der Waals surface area contributed by atoms with E-state index in [9.17, 15) is 13.6 Å². The maximum absolute atomic E-state index is 14.6. The number of likely N-dealkylation sites (tertiary alicyclic amines) is 1. The van der Waals surface area contributed by atoms with E-state index in [1.54, 1.807) is 20.8 Å². The highest BCUT2D eigenvalue weighted by molar-refractivity contribution is 9.10. The molecule has 2 aliphatic heterocycles. The third-order valence-electron chi connectivity index (χ3n) is 6.45. The smallest absolute Gasteiger partial charge is 0.407 e. The quantitative estimate of drug-likeness (QED) is 0.487. The number of alkyl carbamates (subject to hydrolysis) is 1. The van der Waals surface area contributed by atoms with Crippen LogP contribution in [0.2, 0.25) is 0 Å². The number of hydrogen-bond donors (Lipinski definition) is 1. The molecular weight excluding hydrogens is 534 g/mol. The molecule has 196 valence electrons. The Kier molecular flexibility index (Phi) is 8.22. The summed E-state index contributed by atoms with van der Waals surface area (Å²) in [5.74, 6) is -0.276. The second-order valence-electron chi connectivity index (χ2n) is 10.5. The van der Waals surface area contributed by atoms with E-state index < -0.39 is 35.5 Å². The first-order valence-corrected chi connectivity index (χ1v) is 13.0. The minimum absolute atomic E-state index is 0.0163. The molecule has 4 rings (SSSR count). The first-order chi connectivity index (χ1) is 17.0. The number of carbonyl (C=O) groups excluding carboxylic acids is 1. The van der Waals surface area contributed by atoms with E-state index in [0.29, 0.717) is 19.6 Å². The largest absolute Gasteiger partial charge is 0.489 e. The fraction of sp³-hybridized carbons (Fsp3) is 0.519. The Morgan fingerprint density at radius 1 is 1.19 bits per heavy atom. The van der Waals surface area contributed by atoms with Gasteiger partial charge in [-0.2, -0.15) is 0 Å². The average molecular weight is 567 g/mol. The maximum atomic E-state index is 14.6. The zero-order valence-electron chi connectivity index (χ0n) is 21.0. The van der Waals surface area contributed by atoms with Crippen molar-refractivity contribution in [3.05, 3.63) is 63.6 Å². The molecule has 2 aromatic rings. The highest BCUT2D eigenvalue weighted by Crippen LogP contribution is 2.34. The fourth-order valence-corrected chi connectivity index (χ4v) is 5.28. The molecule has 1 N–H and O–H groups in total. The number of nitrogens with zero attached hydrogens (tertiary/aromatic N) is 1. The zero-order chi connectivity index (χ0) is 26.0. The Labute approximate surface area is 219 Å². The van der Waals surface area contributed by atoms with E-state index in [4.69, 9.17) is 14.2 Å². The zero-order valence-corrected chi connectivity index (χ0v) is 22.6. The van der Waals surface area contributed by atoms with E-state index in [-0.39, 0.29) is 17.7 Å². The SMILES string of the molecule is Cc1cc(Br)ccc1O[C@@H]1CCN([C@H]2CO[C@H](c3cc(F)ccc3F)[C@@H](NC(=O)OC(C)(C)C)C2)C1. The molecule has 2 aliphatic rings. The van der Waals surface area contributed by atoms with Gasteiger partial charge in [-0.1, -0.05) is 15.9 Å². The van der Waals surface area contributed by atoms with Crippen LogP contribution in [0, 0.1) is 18.6 Å². The third-order valence-corrected chi connectivity index (χ3v) is 6.94. The molecule has 0 aliphatic carbocycles. The van der Waals surface area contributed by atoms with Gasteiger partial charge in [0.15, 0.2) is 0 Å². The number of aryl methyl sites for hydroxylation is 1. The van der Waals surface area contributed by atoms with Gasteiger partial charge in [-0.25, -0.2) is 13.6 Å². The fourth-order valence-electron chi connectivity index (χ4n) is 4.81. The number of benzene rings is 2. The van der Waals surface area contributed by atoms with Gasteiger partial charge >= 0.3 is 6.09 Å². The summed E-state index contributed by atoms with van der Waals surface area (Å²) in [6, 6.07) is 8.61. The average Bonchev–Trinajstić information content (AvgIpc) is 3.25. The molecule has 0 aromatic heterocycles. The number of ether oxygens (including phenoxy) is 3. The predicted molar refractivity (Wildman–Crippen MR) is 136 cm³/mol. The molecule has 0 saturated carbocycles. The number of rotatable bonds is 5. The Bertz CT molecular complexity index is 1090. The number of halogens is 3. The Morgan fingerprint density at radius 3 is 2.69 bits per heavy atom. The maximum Gasteiger partial charge on any atom is 0.407 e. The molecule has 2 fully saturated rings. The molecule has 0 spiro atoms. The number of amides is 1. The molecule has 1 amide bonds. The highest BCUT2D eigenvalue weighted by Gasteiger charge is 2.40. The third kappa shape index (κ3) is 6.75. The van der Waals surface area contributed by atoms with Crippen molar-refractivity contribution in [3.63, 3.8) is 0 Å². The van der Waals surface area contributed by atoms with Gasteiger partial charge in [-0.15, -0.1) is 0 Å². The first kappa shape index (κ1) is 26.8. The van der Waals surface area contributed by atoms with Gasteiger partial charge in [0.25, 0.3) is 0 Å². The van der Waals surface area contributed by atoms with Gasteiger partial charge in [0, 0.05) is 29.2 Å². The molecule has 0 unspecified atom stereocenters. The van der Waals surface area contributed by atoms with E-state index in [2.05, 4.69) is 26.1 Å². The summed E-state index contributed by atoms with van der Waals surface area (Å²) in [5.41, 5.74) is 0.455. The molecule has 2 aromatic carbocycles. The second kappa shape index (κ2) is 11.0. The molecule has 36 heavy (non-hydrogen) atoms. The Balaban J connectivity index is 1.46. The lowest BCUT2D eigenvalue weighted by Crippen LogP contribution is -2.52. The second-order valence-corrected chi connectivity index (χ2v) is 11.4. The van der Waals surface area contributed by atoms with Gasteiger partial charge in [0.05, 0.1) is 12.6 Å². The monoisotopic (exact) mass is 566 g/mol. The summed E-state index contributed by atoms with van der Waals surface area (Å²) in [6.07, 6.45) is -0.0564. The van der Waals surface area contributed by atoms with Crippen LogP contribution in [0.4, 0.5) is 13.6 Å². The molecule has 0 radical (unpaired) electrons. The van der Waals surface area contributed by atoms with Crippen LogP contribution in [0.15, 0.2) is 40.9 Å². The summed E-state index contributed by atoms with van der Waals surface area (Å²) in [6.45, 7) is 9.18. The van der Waals surface area contributed by atoms with Crippen LogP contribution in [-0.2, 0) is 9.47 Å². The van der Waals surface area contributed by atoms with E-state index in [1.165, 1.54) is 0 Å². The van der Waals surface area contributed by atoms with Crippen LogP contribution in [0.3, 0.4) is 0 Å². The van der Waals surface area contributed by atoms with Crippen molar-refractivity contribution in [2.45, 2.75) is 70.4 Å². The van der Waals surface area contributed by atoms with E-state index in [1.807, 2.05) is 25.1 Å². The standard InChI is InChI=1S/C27H33BrF2N2O4/c1-16-11-17(28)5-8-24(16)35-20-9-10-32(14-20)19-13-23(31-26(33)36-27(2,3)4)25(34-15-19)21-12-18(29)6-7-22(21)30/h5-8,11-12,19-20,23,25H,9-10,13-15H2,1-4H3,(H,31,33)/t19-,20-,23+,25-/m1/s1. The van der Waals surface area contributed by atoms with Crippen molar-refractivity contribution in [1.29, 1.82) is 0 Å². The summed E-state index contributed by atoms with van der Waals surface area (Å²) in [5, 5.41) is 2.85. The van der Waals surface area contributed by atoms with Gasteiger partial charge in [-0.05, 0) is 82.5 Å². The van der Waals surface area contributed by atoms with E-state index >= 15 is 0 Å². The van der Waals surface area contributed by atoms with Gasteiger partial charge in [0.1, 0.15) is 35.2 Å². The van der Waals surface area contributed by atoms with Crippen molar-refractivity contribution in [2.24, 2.45) is 0 Å². The van der Waals surface area contributed by atoms with Crippen LogP contribution in [-0.4, -0.2) is 54.5 Å². The molecule has 4 atom stereocenters. The molecule has 9 heteroatoms. The van der Waals surface area contributed by atoms with Crippen molar-refractivity contribution in [3.8, 4) is 5.75 Å². The Morgan fingerprint density at radius 2 is 1.97 bits per heavy atom. The lowest BCUT2D eigenvalue weighted by atomic mass is 9.92. The van der Waals surface area contributed by atoms with Crippen molar-refractivity contribution in [2.75, 3.05) is 19.7 Å². The minimum Gasteiger partial charge on any atom is -0.489 e. The van der Waals surface area contributed by atoms with E-state index in [0.717, 1.165) is 47.0 Å². The number of carbonyl (C=O) groups is 1. The van der Waals surface area contributed by atoms with Gasteiger partial charge in [0.2, 0.25) is 0 Å². The van der Waals surface area contributed by atoms with Gasteiger partial charge < -0.3 is 19.5 Å². The molecule has 2 heterocycles. The van der Waals surface area contributed by atoms with Crippen LogP contribution in [0.5, 0.6) is 5.75 Å². The normalized spacial score (nSPS) is 25.0. The minimum atomic E-state index is -0.829. The lowest BCUT2D eigenvalue weighted by molar-refractivity contribution is -0.0585. The first-order valence-electron chi connectivity index (χ1n) is 12.2. The van der Waals surface area contributed by atoms with Crippen LogP contribution in [0.25, 0.3) is 0 Å². The predicted octanol–water partition coefficient (Wildman–Crippen LogP) is 5.91. The van der Waals surface area contributed by atoms with Crippen molar-refractivity contribution in [1.82, 2.24) is 10.2 Å². The Hall–Kier alpha value is -2.23. The van der Waals surface area contributed by atoms with Crippen molar-refractivity contribution >= 4 is 22.0 Å². The lowest BCUT2D eigenvalue weighted by Gasteiger charge is -2.40. The van der Waals surface area contributed by atoms with Gasteiger partial charge in [-0.3, -0.25) is 4.90 Å². The van der Waals surface area contributed by atoms with Crippen LogP contribution < -0.4 is 10.1 Å². The summed E-state index contributed by atoms with van der Waals surface area (Å²) in [4.78, 5) is 14.9. The molecule has 0 bridgehead atoms. The van der Waals surface area contributed by atoms with Crippen LogP contribution >= 0.6 is 15.9 Å². The van der Waals surface area contributed by atoms with Crippen molar-refractivity contribution < 1.29 is 27.8 Å². The number of hydrogen-bond acceptors (Lipinski definition) is 5. The summed E-state index contributed by atoms with van der Waals surface area (Å²) >= 11 is 3.48. The topological polar surface area (TPSA) is 60.0 Å².